The van der Waals surface area contributed by atoms with Gasteiger partial charge in [-0.2, -0.15) is 0 Å². The number of carboxylic acids is 1. The number of imide groups is 1. The number of rotatable bonds is 6. The normalized spacial score (nSPS) is 17.3. The fraction of sp³-hybridized carbons (Fsp3) is 0.786. The molecule has 120 valence electrons. The molecule has 1 unspecified atom stereocenters. The molecule has 7 nitrogen and oxygen atoms in total. The van der Waals surface area contributed by atoms with Gasteiger partial charge in [0.15, 0.2) is 0 Å². The third kappa shape index (κ3) is 6.12. The van der Waals surface area contributed by atoms with Crippen LogP contribution in [0.1, 0.15) is 39.5 Å². The average Bonchev–Trinajstić information content (AvgIpc) is 2.46. The van der Waals surface area contributed by atoms with Crippen LogP contribution in [0.15, 0.2) is 0 Å². The van der Waals surface area contributed by atoms with Gasteiger partial charge in [0.2, 0.25) is 5.91 Å². The first kappa shape index (κ1) is 17.4. The van der Waals surface area contributed by atoms with Crippen molar-refractivity contribution < 1.29 is 19.5 Å². The molecule has 1 rings (SSSR count). The Morgan fingerprint density at radius 2 is 1.76 bits per heavy atom. The van der Waals surface area contributed by atoms with Crippen molar-refractivity contribution in [3.05, 3.63) is 0 Å². The van der Waals surface area contributed by atoms with Crippen molar-refractivity contribution >= 4 is 17.9 Å². The number of carboxylic acid groups (broad SMARTS) is 1. The summed E-state index contributed by atoms with van der Waals surface area (Å²) in [7, 11) is 0. The van der Waals surface area contributed by atoms with E-state index in [-0.39, 0.29) is 25.3 Å². The predicted molar refractivity (Wildman–Crippen MR) is 77.9 cm³/mol. The van der Waals surface area contributed by atoms with Crippen molar-refractivity contribution in [1.29, 1.82) is 0 Å². The van der Waals surface area contributed by atoms with Crippen LogP contribution in [0.2, 0.25) is 0 Å². The first-order valence-corrected chi connectivity index (χ1v) is 7.48. The van der Waals surface area contributed by atoms with E-state index in [9.17, 15) is 14.4 Å². The molecule has 0 aromatic heterocycles. The lowest BCUT2D eigenvalue weighted by Gasteiger charge is -2.37. The minimum atomic E-state index is -0.935. The smallest absolute Gasteiger partial charge is 0.324 e. The Kier molecular flexibility index (Phi) is 7.14. The lowest BCUT2D eigenvalue weighted by Crippen LogP contribution is -2.54. The summed E-state index contributed by atoms with van der Waals surface area (Å²) in [6.45, 7) is 7.16. The topological polar surface area (TPSA) is 90.0 Å². The Morgan fingerprint density at radius 1 is 1.14 bits per heavy atom. The van der Waals surface area contributed by atoms with Gasteiger partial charge >= 0.3 is 12.0 Å². The number of nitrogens with zero attached hydrogens (tertiary/aromatic N) is 2. The molecule has 0 aliphatic carbocycles. The number of piperazine rings is 1. The van der Waals surface area contributed by atoms with E-state index in [1.165, 1.54) is 0 Å². The highest BCUT2D eigenvalue weighted by atomic mass is 16.4. The van der Waals surface area contributed by atoms with Gasteiger partial charge in [0.25, 0.3) is 0 Å². The Labute approximate surface area is 125 Å². The molecule has 1 atom stereocenters. The molecule has 0 saturated carbocycles. The second kappa shape index (κ2) is 8.61. The summed E-state index contributed by atoms with van der Waals surface area (Å²) in [5.74, 6) is -1.35. The van der Waals surface area contributed by atoms with Crippen molar-refractivity contribution in [2.75, 3.05) is 26.2 Å². The van der Waals surface area contributed by atoms with Crippen molar-refractivity contribution in [2.24, 2.45) is 0 Å². The van der Waals surface area contributed by atoms with Gasteiger partial charge in [-0.05, 0) is 19.8 Å². The number of amides is 3. The number of nitrogens with one attached hydrogen (secondary N) is 1. The van der Waals surface area contributed by atoms with Crippen molar-refractivity contribution in [3.63, 3.8) is 0 Å². The molecule has 0 spiro atoms. The van der Waals surface area contributed by atoms with Gasteiger partial charge in [0.1, 0.15) is 0 Å². The Morgan fingerprint density at radius 3 is 2.29 bits per heavy atom. The molecule has 1 aliphatic heterocycles. The fourth-order valence-electron chi connectivity index (χ4n) is 2.28. The van der Waals surface area contributed by atoms with Gasteiger partial charge in [0.05, 0.1) is 0 Å². The van der Waals surface area contributed by atoms with Crippen LogP contribution in [0.25, 0.3) is 0 Å². The number of urea groups is 1. The van der Waals surface area contributed by atoms with Crippen molar-refractivity contribution in [3.8, 4) is 0 Å². The number of aliphatic carboxylic acids is 1. The van der Waals surface area contributed by atoms with Crippen molar-refractivity contribution in [2.45, 2.75) is 45.6 Å². The molecule has 0 radical (unpaired) electrons. The predicted octanol–water partition coefficient (Wildman–Crippen LogP) is 0.894. The number of hydrogen-bond donors (Lipinski definition) is 2. The lowest BCUT2D eigenvalue weighted by atomic mass is 10.2. The van der Waals surface area contributed by atoms with Gasteiger partial charge in [-0.1, -0.05) is 6.92 Å². The van der Waals surface area contributed by atoms with Gasteiger partial charge in [-0.3, -0.25) is 19.8 Å². The van der Waals surface area contributed by atoms with Crippen LogP contribution in [-0.4, -0.2) is 65.0 Å². The zero-order valence-corrected chi connectivity index (χ0v) is 12.8. The first-order valence-electron chi connectivity index (χ1n) is 7.48. The van der Waals surface area contributed by atoms with E-state index in [0.29, 0.717) is 19.1 Å². The van der Waals surface area contributed by atoms with E-state index in [1.807, 2.05) is 0 Å². The highest BCUT2D eigenvalue weighted by molar-refractivity contribution is 5.94. The quantitative estimate of drug-likeness (QED) is 0.760. The summed E-state index contributed by atoms with van der Waals surface area (Å²) < 4.78 is 0. The highest BCUT2D eigenvalue weighted by Gasteiger charge is 2.24. The van der Waals surface area contributed by atoms with Crippen LogP contribution in [0, 0.1) is 0 Å². The number of carbonyl (C=O) groups excluding carboxylic acids is 2. The molecule has 1 saturated heterocycles. The van der Waals surface area contributed by atoms with E-state index < -0.39 is 11.9 Å². The molecular weight excluding hydrogens is 274 g/mol. The fourth-order valence-corrected chi connectivity index (χ4v) is 2.28. The molecule has 0 aromatic rings. The first-order chi connectivity index (χ1) is 9.93. The Bertz CT molecular complexity index is 378. The molecule has 7 heteroatoms. The molecule has 3 amide bonds. The SMILES string of the molecule is CCC(C)N1CCN(C(=O)NC(=O)CCCC(=O)O)CC1. The largest absolute Gasteiger partial charge is 0.481 e. The summed E-state index contributed by atoms with van der Waals surface area (Å²) in [5, 5.41) is 10.8. The summed E-state index contributed by atoms with van der Waals surface area (Å²) in [6, 6.07) is 0.131. The minimum Gasteiger partial charge on any atom is -0.481 e. The molecular formula is C14H25N3O4. The minimum absolute atomic E-state index is 0.0603. The van der Waals surface area contributed by atoms with E-state index in [0.717, 1.165) is 19.5 Å². The average molecular weight is 299 g/mol. The van der Waals surface area contributed by atoms with Crippen LogP contribution in [-0.2, 0) is 9.59 Å². The second-order valence-corrected chi connectivity index (χ2v) is 5.38. The molecule has 0 aromatic carbocycles. The van der Waals surface area contributed by atoms with Crippen LogP contribution in [0.3, 0.4) is 0 Å². The van der Waals surface area contributed by atoms with Crippen LogP contribution >= 0.6 is 0 Å². The summed E-state index contributed by atoms with van der Waals surface area (Å²) >= 11 is 0. The maximum Gasteiger partial charge on any atom is 0.324 e. The summed E-state index contributed by atoms with van der Waals surface area (Å²) in [6.07, 6.45) is 1.32. The Balaban J connectivity index is 2.27. The molecule has 21 heavy (non-hydrogen) atoms. The zero-order chi connectivity index (χ0) is 15.8. The molecule has 2 N–H and O–H groups in total. The van der Waals surface area contributed by atoms with Crippen LogP contribution in [0.5, 0.6) is 0 Å². The van der Waals surface area contributed by atoms with Gasteiger partial charge in [-0.25, -0.2) is 4.79 Å². The zero-order valence-electron chi connectivity index (χ0n) is 12.8. The van der Waals surface area contributed by atoms with Gasteiger partial charge in [-0.15, -0.1) is 0 Å². The van der Waals surface area contributed by atoms with Gasteiger partial charge < -0.3 is 10.0 Å². The standard InChI is InChI=1S/C14H25N3O4/c1-3-11(2)16-7-9-17(10-8-16)14(21)15-12(18)5-4-6-13(19)20/h11H,3-10H2,1-2H3,(H,19,20)(H,15,18,21). The molecule has 1 heterocycles. The van der Waals surface area contributed by atoms with Crippen molar-refractivity contribution in [1.82, 2.24) is 15.1 Å². The van der Waals surface area contributed by atoms with Gasteiger partial charge in [0, 0.05) is 45.1 Å². The van der Waals surface area contributed by atoms with Crippen LogP contribution in [0.4, 0.5) is 4.79 Å². The third-order valence-electron chi connectivity index (χ3n) is 3.86. The maximum absolute atomic E-state index is 11.9. The number of hydrogen-bond acceptors (Lipinski definition) is 4. The molecule has 0 bridgehead atoms. The lowest BCUT2D eigenvalue weighted by molar-refractivity contribution is -0.137. The molecule has 1 fully saturated rings. The van der Waals surface area contributed by atoms with E-state index >= 15 is 0 Å². The van der Waals surface area contributed by atoms with E-state index in [2.05, 4.69) is 24.1 Å². The maximum atomic E-state index is 11.9. The molecule has 1 aliphatic rings. The van der Waals surface area contributed by atoms with Crippen LogP contribution < -0.4 is 5.32 Å². The van der Waals surface area contributed by atoms with E-state index in [4.69, 9.17) is 5.11 Å². The Hall–Kier alpha value is -1.63. The monoisotopic (exact) mass is 299 g/mol. The van der Waals surface area contributed by atoms with E-state index in [1.54, 1.807) is 4.90 Å². The highest BCUT2D eigenvalue weighted by Crippen LogP contribution is 2.08. The second-order valence-electron chi connectivity index (χ2n) is 5.38. The third-order valence-corrected chi connectivity index (χ3v) is 3.86. The number of carbonyl (C=O) groups is 3. The summed E-state index contributed by atoms with van der Waals surface area (Å²) in [4.78, 5) is 37.8. The summed E-state index contributed by atoms with van der Waals surface area (Å²) in [5.41, 5.74) is 0.